The summed E-state index contributed by atoms with van der Waals surface area (Å²) in [6.07, 6.45) is 0.294. The van der Waals surface area contributed by atoms with E-state index in [1.54, 1.807) is 6.07 Å². The van der Waals surface area contributed by atoms with Crippen LogP contribution in [-0.2, 0) is 0 Å². The second-order valence-corrected chi connectivity index (χ2v) is 3.11. The first-order valence-corrected chi connectivity index (χ1v) is 4.86. The zero-order valence-electron chi connectivity index (χ0n) is 8.87. The molecule has 0 spiro atoms. The van der Waals surface area contributed by atoms with Crippen LogP contribution in [0, 0.1) is 11.3 Å². The monoisotopic (exact) mass is 223 g/mol. The maximum absolute atomic E-state index is 9.62. The number of ether oxygens (including phenoxy) is 1. The van der Waals surface area contributed by atoms with Gasteiger partial charge in [-0.05, 0) is 6.92 Å². The number of aromatic nitrogens is 2. The fourth-order valence-electron chi connectivity index (χ4n) is 1.11. The molecule has 86 valence electrons. The summed E-state index contributed by atoms with van der Waals surface area (Å²) in [5, 5.41) is 27.4. The van der Waals surface area contributed by atoms with Crippen LogP contribution in [0.4, 0.5) is 0 Å². The van der Waals surface area contributed by atoms with Crippen molar-refractivity contribution in [1.82, 2.24) is 9.97 Å². The van der Waals surface area contributed by atoms with Crippen LogP contribution in [0.1, 0.15) is 25.0 Å². The molecule has 2 atom stereocenters. The van der Waals surface area contributed by atoms with Crippen LogP contribution in [0.25, 0.3) is 0 Å². The molecular formula is C10H13N3O3. The molecule has 0 amide bonds. The molecule has 0 aromatic carbocycles. The smallest absolute Gasteiger partial charge is 0.316 e. The summed E-state index contributed by atoms with van der Waals surface area (Å²) in [4.78, 5) is 7.69. The minimum atomic E-state index is -1.16. The normalized spacial score (nSPS) is 13.9. The van der Waals surface area contributed by atoms with Gasteiger partial charge in [-0.3, -0.25) is 0 Å². The Morgan fingerprint density at radius 1 is 1.44 bits per heavy atom. The SMILES string of the molecule is CCOc1ncc(C(O)C(O)CC#N)cn1. The largest absolute Gasteiger partial charge is 0.464 e. The maximum Gasteiger partial charge on any atom is 0.316 e. The van der Waals surface area contributed by atoms with Crippen LogP contribution in [-0.4, -0.2) is 32.9 Å². The summed E-state index contributed by atoms with van der Waals surface area (Å²) in [6.45, 7) is 2.27. The van der Waals surface area contributed by atoms with Crippen molar-refractivity contribution < 1.29 is 14.9 Å². The van der Waals surface area contributed by atoms with Crippen molar-refractivity contribution in [2.45, 2.75) is 25.6 Å². The predicted molar refractivity (Wildman–Crippen MR) is 54.4 cm³/mol. The van der Waals surface area contributed by atoms with E-state index in [1.165, 1.54) is 12.4 Å². The van der Waals surface area contributed by atoms with Crippen LogP contribution in [0.5, 0.6) is 6.01 Å². The van der Waals surface area contributed by atoms with Gasteiger partial charge in [-0.15, -0.1) is 0 Å². The molecule has 2 N–H and O–H groups in total. The molecule has 16 heavy (non-hydrogen) atoms. The van der Waals surface area contributed by atoms with E-state index in [0.29, 0.717) is 12.2 Å². The Hall–Kier alpha value is -1.71. The molecule has 0 aliphatic carbocycles. The molecule has 2 unspecified atom stereocenters. The zero-order chi connectivity index (χ0) is 12.0. The quantitative estimate of drug-likeness (QED) is 0.738. The van der Waals surface area contributed by atoms with Gasteiger partial charge in [-0.1, -0.05) is 0 Å². The van der Waals surface area contributed by atoms with Crippen molar-refractivity contribution in [1.29, 1.82) is 5.26 Å². The Morgan fingerprint density at radius 2 is 2.06 bits per heavy atom. The molecule has 1 rings (SSSR count). The van der Waals surface area contributed by atoms with Crippen molar-refractivity contribution in [2.24, 2.45) is 0 Å². The highest BCUT2D eigenvalue weighted by atomic mass is 16.5. The van der Waals surface area contributed by atoms with E-state index in [2.05, 4.69) is 9.97 Å². The minimum absolute atomic E-state index is 0.144. The third-order valence-corrected chi connectivity index (χ3v) is 1.93. The zero-order valence-corrected chi connectivity index (χ0v) is 8.87. The average molecular weight is 223 g/mol. The van der Waals surface area contributed by atoms with Gasteiger partial charge in [0.05, 0.1) is 25.2 Å². The fourth-order valence-corrected chi connectivity index (χ4v) is 1.11. The fraction of sp³-hybridized carbons (Fsp3) is 0.500. The molecule has 0 saturated heterocycles. The number of nitrogens with zero attached hydrogens (tertiary/aromatic N) is 3. The lowest BCUT2D eigenvalue weighted by Crippen LogP contribution is -2.18. The molecule has 0 saturated carbocycles. The molecule has 1 aromatic rings. The molecule has 1 heterocycles. The van der Waals surface area contributed by atoms with E-state index < -0.39 is 12.2 Å². The standard InChI is InChI=1S/C10H13N3O3/c1-2-16-10-12-5-7(6-13-10)9(15)8(14)3-4-11/h5-6,8-9,14-15H,2-3H2,1H3. The lowest BCUT2D eigenvalue weighted by molar-refractivity contribution is 0.0211. The summed E-state index contributed by atoms with van der Waals surface area (Å²) in [5.74, 6) is 0. The molecule has 6 nitrogen and oxygen atoms in total. The number of hydrogen-bond acceptors (Lipinski definition) is 6. The number of nitriles is 1. The predicted octanol–water partition coefficient (Wildman–Crippen LogP) is 0.183. The van der Waals surface area contributed by atoms with Gasteiger partial charge in [0.25, 0.3) is 0 Å². The van der Waals surface area contributed by atoms with E-state index >= 15 is 0 Å². The molecule has 0 radical (unpaired) electrons. The Kier molecular flexibility index (Phi) is 4.64. The Labute approximate surface area is 93.2 Å². The average Bonchev–Trinajstić information content (AvgIpc) is 2.30. The Morgan fingerprint density at radius 3 is 2.56 bits per heavy atom. The minimum Gasteiger partial charge on any atom is -0.464 e. The molecule has 0 aliphatic heterocycles. The van der Waals surface area contributed by atoms with Gasteiger partial charge in [0, 0.05) is 18.0 Å². The van der Waals surface area contributed by atoms with Gasteiger partial charge in [-0.2, -0.15) is 5.26 Å². The summed E-state index contributed by atoms with van der Waals surface area (Å²) in [7, 11) is 0. The Bertz CT molecular complexity index is 361. The van der Waals surface area contributed by atoms with Gasteiger partial charge >= 0.3 is 6.01 Å². The van der Waals surface area contributed by atoms with Gasteiger partial charge in [-0.25, -0.2) is 9.97 Å². The van der Waals surface area contributed by atoms with Gasteiger partial charge in [0.2, 0.25) is 0 Å². The van der Waals surface area contributed by atoms with E-state index in [1.807, 2.05) is 6.92 Å². The molecule has 6 heteroatoms. The topological polar surface area (TPSA) is 99.3 Å². The van der Waals surface area contributed by atoms with Crippen molar-refractivity contribution in [3.8, 4) is 12.1 Å². The van der Waals surface area contributed by atoms with Gasteiger partial charge in [0.1, 0.15) is 6.10 Å². The lowest BCUT2D eigenvalue weighted by Gasteiger charge is -2.14. The van der Waals surface area contributed by atoms with Crippen molar-refractivity contribution in [3.63, 3.8) is 0 Å². The van der Waals surface area contributed by atoms with Crippen molar-refractivity contribution >= 4 is 0 Å². The summed E-state index contributed by atoms with van der Waals surface area (Å²) < 4.78 is 5.03. The van der Waals surface area contributed by atoms with E-state index in [0.717, 1.165) is 0 Å². The highest BCUT2D eigenvalue weighted by Gasteiger charge is 2.18. The van der Waals surface area contributed by atoms with E-state index in [-0.39, 0.29) is 12.4 Å². The second kappa shape index (κ2) is 6.00. The molecular weight excluding hydrogens is 210 g/mol. The van der Waals surface area contributed by atoms with Crippen molar-refractivity contribution in [3.05, 3.63) is 18.0 Å². The van der Waals surface area contributed by atoms with Crippen molar-refractivity contribution in [2.75, 3.05) is 6.61 Å². The summed E-state index contributed by atoms with van der Waals surface area (Å²) in [6, 6.07) is 1.99. The number of rotatable bonds is 5. The first-order chi connectivity index (χ1) is 7.69. The third-order valence-electron chi connectivity index (χ3n) is 1.93. The summed E-state index contributed by atoms with van der Waals surface area (Å²) >= 11 is 0. The van der Waals surface area contributed by atoms with Gasteiger partial charge < -0.3 is 14.9 Å². The van der Waals surface area contributed by atoms with Crippen LogP contribution < -0.4 is 4.74 Å². The lowest BCUT2D eigenvalue weighted by atomic mass is 10.1. The Balaban J connectivity index is 2.70. The number of aliphatic hydroxyl groups excluding tert-OH is 2. The molecule has 1 aromatic heterocycles. The maximum atomic E-state index is 9.62. The van der Waals surface area contributed by atoms with Gasteiger partial charge in [0.15, 0.2) is 0 Å². The highest BCUT2D eigenvalue weighted by molar-refractivity contribution is 5.12. The molecule has 0 aliphatic rings. The number of aliphatic hydroxyl groups is 2. The summed E-state index contributed by atoms with van der Waals surface area (Å²) in [5.41, 5.74) is 0.353. The number of hydrogen-bond donors (Lipinski definition) is 2. The van der Waals surface area contributed by atoms with Crippen LogP contribution >= 0.6 is 0 Å². The first-order valence-electron chi connectivity index (χ1n) is 4.86. The van der Waals surface area contributed by atoms with E-state index in [9.17, 15) is 10.2 Å². The first kappa shape index (κ1) is 12.4. The van der Waals surface area contributed by atoms with Crippen LogP contribution in [0.3, 0.4) is 0 Å². The van der Waals surface area contributed by atoms with Crippen LogP contribution in [0.15, 0.2) is 12.4 Å². The second-order valence-electron chi connectivity index (χ2n) is 3.11. The van der Waals surface area contributed by atoms with E-state index in [4.69, 9.17) is 10.00 Å². The highest BCUT2D eigenvalue weighted by Crippen LogP contribution is 2.17. The molecule has 0 bridgehead atoms. The van der Waals surface area contributed by atoms with Crippen LogP contribution in [0.2, 0.25) is 0 Å². The third kappa shape index (κ3) is 3.15. The molecule has 0 fully saturated rings.